The van der Waals surface area contributed by atoms with E-state index in [1.54, 1.807) is 0 Å². The highest BCUT2D eigenvalue weighted by molar-refractivity contribution is 9.10. The van der Waals surface area contributed by atoms with Crippen molar-refractivity contribution in [2.45, 2.75) is 25.5 Å². The zero-order valence-electron chi connectivity index (χ0n) is 10.9. The van der Waals surface area contributed by atoms with Gasteiger partial charge in [0.25, 0.3) is 10.0 Å². The van der Waals surface area contributed by atoms with Gasteiger partial charge in [0.1, 0.15) is 0 Å². The number of benzene rings is 1. The van der Waals surface area contributed by atoms with E-state index >= 15 is 0 Å². The van der Waals surface area contributed by atoms with Gasteiger partial charge in [0.2, 0.25) is 0 Å². The summed E-state index contributed by atoms with van der Waals surface area (Å²) in [4.78, 5) is 0. The Hall–Kier alpha value is -1.38. The molecule has 0 aliphatic heterocycles. The van der Waals surface area contributed by atoms with Gasteiger partial charge < -0.3 is 5.11 Å². The van der Waals surface area contributed by atoms with Crippen LogP contribution in [0.15, 0.2) is 27.8 Å². The van der Waals surface area contributed by atoms with Crippen LogP contribution in [0, 0.1) is 13.8 Å². The van der Waals surface area contributed by atoms with Gasteiger partial charge in [-0.15, -0.1) is 0 Å². The van der Waals surface area contributed by atoms with E-state index in [0.717, 1.165) is 11.1 Å². The molecule has 2 aromatic rings. The SMILES string of the molecule is Cc1cc(C)c(NS(=O)(=O)c2[nH]ncc2CO)c(Br)c1. The Balaban J connectivity index is 2.44. The molecule has 8 heteroatoms. The Morgan fingerprint density at radius 3 is 2.70 bits per heavy atom. The summed E-state index contributed by atoms with van der Waals surface area (Å²) in [7, 11) is -3.83. The molecule has 0 fully saturated rings. The highest BCUT2D eigenvalue weighted by Gasteiger charge is 2.22. The number of aliphatic hydroxyl groups excluding tert-OH is 1. The summed E-state index contributed by atoms with van der Waals surface area (Å²) in [6.07, 6.45) is 1.28. The molecule has 1 aromatic carbocycles. The van der Waals surface area contributed by atoms with Crippen LogP contribution in [-0.2, 0) is 16.6 Å². The van der Waals surface area contributed by atoms with E-state index in [9.17, 15) is 8.42 Å². The molecular formula is C12H14BrN3O3S. The number of nitrogens with one attached hydrogen (secondary N) is 2. The maximum absolute atomic E-state index is 12.3. The number of hydrogen-bond acceptors (Lipinski definition) is 4. The minimum absolute atomic E-state index is 0.133. The van der Waals surface area contributed by atoms with E-state index in [2.05, 4.69) is 30.8 Å². The first kappa shape index (κ1) is 15.0. The Labute approximate surface area is 125 Å². The van der Waals surface area contributed by atoms with Crippen molar-refractivity contribution in [3.05, 3.63) is 39.5 Å². The van der Waals surface area contributed by atoms with Gasteiger partial charge in [-0.25, -0.2) is 0 Å². The third-order valence-electron chi connectivity index (χ3n) is 2.79. The molecule has 0 saturated carbocycles. The Kier molecular flexibility index (Phi) is 4.17. The smallest absolute Gasteiger partial charge is 0.279 e. The maximum atomic E-state index is 12.3. The molecule has 1 heterocycles. The highest BCUT2D eigenvalue weighted by Crippen LogP contribution is 2.30. The monoisotopic (exact) mass is 359 g/mol. The molecule has 0 atom stereocenters. The Morgan fingerprint density at radius 1 is 1.40 bits per heavy atom. The molecule has 0 aliphatic rings. The molecule has 0 saturated heterocycles. The molecule has 0 unspecified atom stereocenters. The molecule has 0 amide bonds. The second-order valence-corrected chi connectivity index (χ2v) is 6.90. The number of nitrogens with zero attached hydrogens (tertiary/aromatic N) is 1. The minimum atomic E-state index is -3.83. The van der Waals surface area contributed by atoms with Crippen LogP contribution in [0.3, 0.4) is 0 Å². The van der Waals surface area contributed by atoms with Gasteiger partial charge in [-0.05, 0) is 47.0 Å². The van der Waals surface area contributed by atoms with E-state index in [0.29, 0.717) is 10.2 Å². The summed E-state index contributed by atoms with van der Waals surface area (Å²) in [5.74, 6) is 0. The van der Waals surface area contributed by atoms with Crippen LogP contribution in [-0.4, -0.2) is 23.7 Å². The number of halogens is 1. The van der Waals surface area contributed by atoms with E-state index in [-0.39, 0.29) is 10.6 Å². The van der Waals surface area contributed by atoms with Gasteiger partial charge in [-0.2, -0.15) is 13.5 Å². The van der Waals surface area contributed by atoms with Gasteiger partial charge in [-0.1, -0.05) is 6.07 Å². The summed E-state index contributed by atoms with van der Waals surface area (Å²) in [5.41, 5.74) is 2.51. The van der Waals surface area contributed by atoms with Crippen molar-refractivity contribution < 1.29 is 13.5 Å². The van der Waals surface area contributed by atoms with Crippen LogP contribution in [0.5, 0.6) is 0 Å². The quantitative estimate of drug-likeness (QED) is 0.778. The van der Waals surface area contributed by atoms with Crippen LogP contribution in [0.4, 0.5) is 5.69 Å². The van der Waals surface area contributed by atoms with Crippen LogP contribution in [0.25, 0.3) is 0 Å². The number of aromatic nitrogens is 2. The van der Waals surface area contributed by atoms with Crippen molar-refractivity contribution in [3.8, 4) is 0 Å². The average molecular weight is 360 g/mol. The highest BCUT2D eigenvalue weighted by atomic mass is 79.9. The van der Waals surface area contributed by atoms with Crippen molar-refractivity contribution in [2.24, 2.45) is 0 Å². The first-order valence-corrected chi connectivity index (χ1v) is 8.05. The van der Waals surface area contributed by atoms with Gasteiger partial charge in [0, 0.05) is 10.0 Å². The molecule has 0 aliphatic carbocycles. The lowest BCUT2D eigenvalue weighted by molar-refractivity contribution is 0.278. The number of hydrogen-bond donors (Lipinski definition) is 3. The molecule has 108 valence electrons. The summed E-state index contributed by atoms with van der Waals surface area (Å²) in [6, 6.07) is 3.70. The normalized spacial score (nSPS) is 11.6. The van der Waals surface area contributed by atoms with Crippen LogP contribution >= 0.6 is 15.9 Å². The van der Waals surface area contributed by atoms with E-state index in [1.165, 1.54) is 6.20 Å². The second-order valence-electron chi connectivity index (χ2n) is 4.43. The number of rotatable bonds is 4. The summed E-state index contributed by atoms with van der Waals surface area (Å²) >= 11 is 3.35. The van der Waals surface area contributed by atoms with Crippen LogP contribution in [0.1, 0.15) is 16.7 Å². The van der Waals surface area contributed by atoms with Gasteiger partial charge >= 0.3 is 0 Å². The molecule has 0 spiro atoms. The molecular weight excluding hydrogens is 346 g/mol. The predicted octanol–water partition coefficient (Wildman–Crippen LogP) is 2.08. The van der Waals surface area contributed by atoms with Gasteiger partial charge in [0.15, 0.2) is 5.03 Å². The molecule has 1 aromatic heterocycles. The second kappa shape index (κ2) is 5.55. The lowest BCUT2D eigenvalue weighted by atomic mass is 10.1. The minimum Gasteiger partial charge on any atom is -0.392 e. The Bertz CT molecular complexity index is 717. The fraction of sp³-hybridized carbons (Fsp3) is 0.250. The molecule has 2 rings (SSSR count). The number of H-pyrrole nitrogens is 1. The summed E-state index contributed by atoms with van der Waals surface area (Å²) < 4.78 is 27.8. The topological polar surface area (TPSA) is 95.1 Å². The van der Waals surface area contributed by atoms with E-state index in [4.69, 9.17) is 5.11 Å². The van der Waals surface area contributed by atoms with Crippen LogP contribution in [0.2, 0.25) is 0 Å². The zero-order chi connectivity index (χ0) is 14.9. The number of aromatic amines is 1. The number of sulfonamides is 1. The van der Waals surface area contributed by atoms with Gasteiger partial charge in [-0.3, -0.25) is 9.82 Å². The number of anilines is 1. The summed E-state index contributed by atoms with van der Waals surface area (Å²) in [5, 5.41) is 15.0. The molecule has 20 heavy (non-hydrogen) atoms. The van der Waals surface area contributed by atoms with Crippen molar-refractivity contribution in [3.63, 3.8) is 0 Å². The van der Waals surface area contributed by atoms with Crippen molar-refractivity contribution in [1.82, 2.24) is 10.2 Å². The third kappa shape index (κ3) is 2.87. The maximum Gasteiger partial charge on any atom is 0.279 e. The molecule has 0 radical (unpaired) electrons. The van der Waals surface area contributed by atoms with Crippen molar-refractivity contribution in [1.29, 1.82) is 0 Å². The van der Waals surface area contributed by atoms with Gasteiger partial charge in [0.05, 0.1) is 18.5 Å². The molecule has 6 nitrogen and oxygen atoms in total. The fourth-order valence-corrected chi connectivity index (χ4v) is 4.06. The third-order valence-corrected chi connectivity index (χ3v) is 4.77. The number of aliphatic hydroxyl groups is 1. The lowest BCUT2D eigenvalue weighted by Gasteiger charge is -2.13. The van der Waals surface area contributed by atoms with Crippen molar-refractivity contribution >= 4 is 31.6 Å². The zero-order valence-corrected chi connectivity index (χ0v) is 13.3. The summed E-state index contributed by atoms with van der Waals surface area (Å²) in [6.45, 7) is 3.34. The van der Waals surface area contributed by atoms with Crippen LogP contribution < -0.4 is 4.72 Å². The first-order valence-electron chi connectivity index (χ1n) is 5.78. The van der Waals surface area contributed by atoms with E-state index in [1.807, 2.05) is 26.0 Å². The lowest BCUT2D eigenvalue weighted by Crippen LogP contribution is -2.16. The number of aryl methyl sites for hydroxylation is 2. The molecule has 0 bridgehead atoms. The average Bonchev–Trinajstić information content (AvgIpc) is 2.83. The predicted molar refractivity (Wildman–Crippen MR) is 78.9 cm³/mol. The fourth-order valence-electron chi connectivity index (χ4n) is 1.87. The van der Waals surface area contributed by atoms with E-state index < -0.39 is 16.6 Å². The first-order chi connectivity index (χ1) is 9.35. The van der Waals surface area contributed by atoms with Crippen molar-refractivity contribution in [2.75, 3.05) is 4.72 Å². The standard InChI is InChI=1S/C12H14BrN3O3S/c1-7-3-8(2)11(10(13)4-7)16-20(18,19)12-9(6-17)5-14-15-12/h3-5,16-17H,6H2,1-2H3,(H,14,15). The largest absolute Gasteiger partial charge is 0.392 e. The molecule has 3 N–H and O–H groups in total. The Morgan fingerprint density at radius 2 is 2.10 bits per heavy atom.